The second-order valence-electron chi connectivity index (χ2n) is 4.52. The summed E-state index contributed by atoms with van der Waals surface area (Å²) in [6.07, 6.45) is 7.07. The van der Waals surface area contributed by atoms with E-state index in [1.165, 1.54) is 31.1 Å². The van der Waals surface area contributed by atoms with Gasteiger partial charge in [-0.2, -0.15) is 11.8 Å². The van der Waals surface area contributed by atoms with Crippen LogP contribution in [0.1, 0.15) is 31.2 Å². The van der Waals surface area contributed by atoms with Crippen molar-refractivity contribution in [3.05, 3.63) is 23.5 Å². The highest BCUT2D eigenvalue weighted by atomic mass is 32.2. The summed E-state index contributed by atoms with van der Waals surface area (Å²) in [4.78, 5) is 0. The van der Waals surface area contributed by atoms with E-state index in [1.54, 1.807) is 13.0 Å². The number of halogens is 1. The van der Waals surface area contributed by atoms with Crippen LogP contribution in [0.2, 0.25) is 0 Å². The molecule has 0 fully saturated rings. The van der Waals surface area contributed by atoms with Crippen molar-refractivity contribution in [3.63, 3.8) is 0 Å². The molecule has 0 amide bonds. The molecule has 18 heavy (non-hydrogen) atoms. The molecule has 3 N–H and O–H groups in total. The molecular formula is C14H23FN2S. The monoisotopic (exact) mass is 270 g/mol. The predicted octanol–water partition coefficient (Wildman–Crippen LogP) is 4.05. The number of benzene rings is 1. The fraction of sp³-hybridized carbons (Fsp3) is 0.571. The van der Waals surface area contributed by atoms with Crippen LogP contribution in [0.3, 0.4) is 0 Å². The zero-order valence-corrected chi connectivity index (χ0v) is 12.1. The van der Waals surface area contributed by atoms with Crippen molar-refractivity contribution in [1.29, 1.82) is 0 Å². The van der Waals surface area contributed by atoms with E-state index in [0.29, 0.717) is 11.3 Å². The van der Waals surface area contributed by atoms with Gasteiger partial charge in [-0.05, 0) is 49.5 Å². The Kier molecular flexibility index (Phi) is 6.94. The lowest BCUT2D eigenvalue weighted by Crippen LogP contribution is -2.05. The highest BCUT2D eigenvalue weighted by Crippen LogP contribution is 2.22. The number of anilines is 2. The van der Waals surface area contributed by atoms with Gasteiger partial charge >= 0.3 is 0 Å². The first-order chi connectivity index (χ1) is 8.65. The second kappa shape index (κ2) is 8.25. The van der Waals surface area contributed by atoms with E-state index < -0.39 is 0 Å². The van der Waals surface area contributed by atoms with Gasteiger partial charge in [0.1, 0.15) is 5.82 Å². The van der Waals surface area contributed by atoms with E-state index >= 15 is 0 Å². The summed E-state index contributed by atoms with van der Waals surface area (Å²) in [6, 6.07) is 3.16. The van der Waals surface area contributed by atoms with Crippen LogP contribution >= 0.6 is 11.8 Å². The van der Waals surface area contributed by atoms with Crippen LogP contribution in [0.4, 0.5) is 15.8 Å². The molecule has 0 aromatic heterocycles. The number of rotatable bonds is 8. The molecule has 0 saturated carbocycles. The fourth-order valence-electron chi connectivity index (χ4n) is 1.80. The van der Waals surface area contributed by atoms with Crippen molar-refractivity contribution in [2.75, 3.05) is 29.6 Å². The highest BCUT2D eigenvalue weighted by Gasteiger charge is 2.03. The van der Waals surface area contributed by atoms with Gasteiger partial charge in [0.05, 0.1) is 11.4 Å². The number of unbranched alkanes of at least 4 members (excludes halogenated alkanes) is 3. The molecule has 1 rings (SSSR count). The molecule has 0 radical (unpaired) electrons. The number of thioether (sulfide) groups is 1. The van der Waals surface area contributed by atoms with Gasteiger partial charge in [-0.15, -0.1) is 0 Å². The molecule has 1 aromatic rings. The number of aryl methyl sites for hydroxylation is 1. The summed E-state index contributed by atoms with van der Waals surface area (Å²) >= 11 is 1.90. The normalized spacial score (nSPS) is 10.6. The first kappa shape index (κ1) is 15.2. The largest absolute Gasteiger partial charge is 0.397 e. The van der Waals surface area contributed by atoms with Crippen molar-refractivity contribution in [3.8, 4) is 0 Å². The van der Waals surface area contributed by atoms with Gasteiger partial charge in [-0.1, -0.05) is 12.8 Å². The molecule has 0 saturated heterocycles. The predicted molar refractivity (Wildman–Crippen MR) is 80.9 cm³/mol. The van der Waals surface area contributed by atoms with Crippen molar-refractivity contribution in [2.24, 2.45) is 0 Å². The zero-order chi connectivity index (χ0) is 13.4. The van der Waals surface area contributed by atoms with Crippen molar-refractivity contribution in [1.82, 2.24) is 0 Å². The lowest BCUT2D eigenvalue weighted by Gasteiger charge is -2.10. The Morgan fingerprint density at radius 2 is 1.94 bits per heavy atom. The van der Waals surface area contributed by atoms with Crippen LogP contribution in [0.5, 0.6) is 0 Å². The number of nitrogens with one attached hydrogen (secondary N) is 1. The molecular weight excluding hydrogens is 247 g/mol. The molecule has 0 bridgehead atoms. The van der Waals surface area contributed by atoms with E-state index in [1.807, 2.05) is 11.8 Å². The minimum Gasteiger partial charge on any atom is -0.397 e. The van der Waals surface area contributed by atoms with Gasteiger partial charge in [0.15, 0.2) is 0 Å². The Morgan fingerprint density at radius 1 is 1.22 bits per heavy atom. The van der Waals surface area contributed by atoms with E-state index in [0.717, 1.165) is 18.7 Å². The van der Waals surface area contributed by atoms with Crippen LogP contribution in [0.15, 0.2) is 12.1 Å². The minimum atomic E-state index is -0.241. The lowest BCUT2D eigenvalue weighted by molar-refractivity contribution is 0.619. The molecule has 1 aromatic carbocycles. The maximum atomic E-state index is 13.2. The molecule has 102 valence electrons. The standard InChI is InChI=1S/C14H23FN2S/c1-11-9-14(13(16)10-12(11)15)17-7-5-3-4-6-8-18-2/h9-10,17H,3-8,16H2,1-2H3. The summed E-state index contributed by atoms with van der Waals surface area (Å²) < 4.78 is 13.2. The third kappa shape index (κ3) is 5.17. The van der Waals surface area contributed by atoms with Gasteiger partial charge in [-0.3, -0.25) is 0 Å². The summed E-state index contributed by atoms with van der Waals surface area (Å²) in [5.74, 6) is 1.01. The number of hydrogen-bond donors (Lipinski definition) is 2. The molecule has 0 atom stereocenters. The van der Waals surface area contributed by atoms with E-state index in [-0.39, 0.29) is 5.82 Å². The fourth-order valence-corrected chi connectivity index (χ4v) is 2.29. The van der Waals surface area contributed by atoms with Crippen molar-refractivity contribution < 1.29 is 4.39 Å². The van der Waals surface area contributed by atoms with Crippen LogP contribution in [-0.4, -0.2) is 18.6 Å². The summed E-state index contributed by atoms with van der Waals surface area (Å²) in [7, 11) is 0. The van der Waals surface area contributed by atoms with Crippen molar-refractivity contribution >= 4 is 23.1 Å². The maximum absolute atomic E-state index is 13.2. The van der Waals surface area contributed by atoms with Crippen LogP contribution in [0.25, 0.3) is 0 Å². The highest BCUT2D eigenvalue weighted by molar-refractivity contribution is 7.98. The van der Waals surface area contributed by atoms with Crippen LogP contribution < -0.4 is 11.1 Å². The van der Waals surface area contributed by atoms with Gasteiger partial charge in [-0.25, -0.2) is 4.39 Å². The smallest absolute Gasteiger partial charge is 0.128 e. The van der Waals surface area contributed by atoms with Crippen LogP contribution in [0, 0.1) is 12.7 Å². The molecule has 0 aliphatic heterocycles. The van der Waals surface area contributed by atoms with Crippen molar-refractivity contribution in [2.45, 2.75) is 32.6 Å². The lowest BCUT2D eigenvalue weighted by atomic mass is 10.1. The van der Waals surface area contributed by atoms with Gasteiger partial charge in [0.2, 0.25) is 0 Å². The Bertz CT molecular complexity index is 369. The molecule has 4 heteroatoms. The summed E-state index contributed by atoms with van der Waals surface area (Å²) in [5, 5.41) is 3.28. The summed E-state index contributed by atoms with van der Waals surface area (Å²) in [6.45, 7) is 2.65. The van der Waals surface area contributed by atoms with Gasteiger partial charge in [0.25, 0.3) is 0 Å². The number of hydrogen-bond acceptors (Lipinski definition) is 3. The molecule has 0 spiro atoms. The average molecular weight is 270 g/mol. The van der Waals surface area contributed by atoms with E-state index in [2.05, 4.69) is 11.6 Å². The first-order valence-electron chi connectivity index (χ1n) is 6.43. The van der Waals surface area contributed by atoms with Crippen LogP contribution in [-0.2, 0) is 0 Å². The van der Waals surface area contributed by atoms with Gasteiger partial charge in [0, 0.05) is 6.54 Å². The minimum absolute atomic E-state index is 0.241. The Morgan fingerprint density at radius 3 is 2.67 bits per heavy atom. The topological polar surface area (TPSA) is 38.0 Å². The molecule has 0 aliphatic carbocycles. The third-order valence-electron chi connectivity index (χ3n) is 2.92. The van der Waals surface area contributed by atoms with Gasteiger partial charge < -0.3 is 11.1 Å². The molecule has 0 aliphatic rings. The third-order valence-corrected chi connectivity index (χ3v) is 3.62. The maximum Gasteiger partial charge on any atom is 0.128 e. The quantitative estimate of drug-likeness (QED) is 0.553. The number of nitrogens with two attached hydrogens (primary N) is 1. The molecule has 0 unspecified atom stereocenters. The number of nitrogen functional groups attached to an aromatic ring is 1. The Labute approximate surface area is 114 Å². The Balaban J connectivity index is 2.25. The summed E-state index contributed by atoms with van der Waals surface area (Å²) in [5.41, 5.74) is 7.73. The molecule has 2 nitrogen and oxygen atoms in total. The average Bonchev–Trinajstić information content (AvgIpc) is 2.34. The molecule has 0 heterocycles. The SMILES string of the molecule is CSCCCCCCNc1cc(C)c(F)cc1N. The Hall–Kier alpha value is -0.900. The first-order valence-corrected chi connectivity index (χ1v) is 7.83. The van der Waals surface area contributed by atoms with E-state index in [9.17, 15) is 4.39 Å². The van der Waals surface area contributed by atoms with E-state index in [4.69, 9.17) is 5.73 Å². The zero-order valence-electron chi connectivity index (χ0n) is 11.3. The second-order valence-corrected chi connectivity index (χ2v) is 5.51.